The van der Waals surface area contributed by atoms with Gasteiger partial charge in [0.2, 0.25) is 0 Å². The van der Waals surface area contributed by atoms with Gasteiger partial charge in [0.1, 0.15) is 0 Å². The van der Waals surface area contributed by atoms with Gasteiger partial charge in [0.05, 0.1) is 21.2 Å². The van der Waals surface area contributed by atoms with Crippen LogP contribution in [0.1, 0.15) is 42.5 Å². The van der Waals surface area contributed by atoms with Crippen LogP contribution in [0.15, 0.2) is 18.2 Å². The van der Waals surface area contributed by atoms with Gasteiger partial charge in [0.15, 0.2) is 0 Å². The van der Waals surface area contributed by atoms with Crippen LogP contribution >= 0.6 is 23.2 Å². The Hall–Kier alpha value is -0.770. The van der Waals surface area contributed by atoms with Crippen LogP contribution in [0.5, 0.6) is 0 Å². The van der Waals surface area contributed by atoms with Gasteiger partial charge in [-0.15, -0.1) is 0 Å². The van der Waals surface area contributed by atoms with E-state index in [1.54, 1.807) is 18.2 Å². The number of nitrogens with one attached hydrogen (secondary N) is 1. The van der Waals surface area contributed by atoms with Gasteiger partial charge in [-0.3, -0.25) is 4.79 Å². The quantitative estimate of drug-likeness (QED) is 0.899. The van der Waals surface area contributed by atoms with Crippen molar-refractivity contribution in [1.82, 2.24) is 5.32 Å². The van der Waals surface area contributed by atoms with E-state index in [0.29, 0.717) is 10.0 Å². The molecule has 1 amide bonds. The van der Waals surface area contributed by atoms with Gasteiger partial charge >= 0.3 is 0 Å². The molecule has 1 fully saturated rings. The van der Waals surface area contributed by atoms with Crippen LogP contribution in [-0.2, 0) is 0 Å². The standard InChI is InChI=1S/C14H17Cl2NO2/c15-10-5-4-6-11(16)12(10)13(18)17-9-14(19)7-2-1-3-8-14/h4-6,19H,1-3,7-9H2,(H,17,18). The van der Waals surface area contributed by atoms with Crippen LogP contribution in [0.2, 0.25) is 10.0 Å². The topological polar surface area (TPSA) is 49.3 Å². The summed E-state index contributed by atoms with van der Waals surface area (Å²) in [5.74, 6) is -0.338. The van der Waals surface area contributed by atoms with Crippen molar-refractivity contribution in [2.75, 3.05) is 6.54 Å². The van der Waals surface area contributed by atoms with Gasteiger partial charge < -0.3 is 10.4 Å². The molecule has 0 aliphatic heterocycles. The zero-order chi connectivity index (χ0) is 13.9. The molecule has 0 unspecified atom stereocenters. The molecule has 0 bridgehead atoms. The summed E-state index contributed by atoms with van der Waals surface area (Å²) in [6, 6.07) is 4.94. The molecule has 1 saturated carbocycles. The predicted molar refractivity (Wildman–Crippen MR) is 76.8 cm³/mol. The lowest BCUT2D eigenvalue weighted by Gasteiger charge is -2.32. The van der Waals surface area contributed by atoms with Crippen molar-refractivity contribution >= 4 is 29.1 Å². The molecule has 5 heteroatoms. The van der Waals surface area contributed by atoms with Crippen LogP contribution in [0.4, 0.5) is 0 Å². The molecule has 1 aromatic rings. The third-order valence-corrected chi connectivity index (χ3v) is 4.18. The second kappa shape index (κ2) is 6.12. The summed E-state index contributed by atoms with van der Waals surface area (Å²) in [4.78, 5) is 12.1. The first-order valence-corrected chi connectivity index (χ1v) is 7.22. The zero-order valence-corrected chi connectivity index (χ0v) is 12.1. The normalized spacial score (nSPS) is 18.1. The van der Waals surface area contributed by atoms with E-state index in [0.717, 1.165) is 32.1 Å². The fourth-order valence-corrected chi connectivity index (χ4v) is 3.00. The molecule has 1 aliphatic rings. The maximum absolute atomic E-state index is 12.1. The minimum atomic E-state index is -0.790. The van der Waals surface area contributed by atoms with Gasteiger partial charge in [0, 0.05) is 6.54 Å². The van der Waals surface area contributed by atoms with E-state index in [2.05, 4.69) is 5.32 Å². The summed E-state index contributed by atoms with van der Waals surface area (Å²) in [5.41, 5.74) is -0.521. The highest BCUT2D eigenvalue weighted by Gasteiger charge is 2.30. The summed E-state index contributed by atoms with van der Waals surface area (Å²) in [6.07, 6.45) is 4.60. The molecule has 0 heterocycles. The Bertz CT molecular complexity index is 450. The smallest absolute Gasteiger partial charge is 0.254 e. The van der Waals surface area contributed by atoms with E-state index in [1.807, 2.05) is 0 Å². The average Bonchev–Trinajstić information content (AvgIpc) is 2.37. The van der Waals surface area contributed by atoms with Crippen molar-refractivity contribution in [2.24, 2.45) is 0 Å². The van der Waals surface area contributed by atoms with Gasteiger partial charge in [-0.1, -0.05) is 48.5 Å². The van der Waals surface area contributed by atoms with Crippen molar-refractivity contribution in [3.8, 4) is 0 Å². The largest absolute Gasteiger partial charge is 0.388 e. The fourth-order valence-electron chi connectivity index (χ4n) is 2.43. The van der Waals surface area contributed by atoms with E-state index in [4.69, 9.17) is 23.2 Å². The number of halogens is 2. The monoisotopic (exact) mass is 301 g/mol. The van der Waals surface area contributed by atoms with E-state index in [-0.39, 0.29) is 18.0 Å². The first kappa shape index (κ1) is 14.6. The van der Waals surface area contributed by atoms with E-state index < -0.39 is 5.60 Å². The summed E-state index contributed by atoms with van der Waals surface area (Å²) < 4.78 is 0. The average molecular weight is 302 g/mol. The molecule has 0 saturated heterocycles. The number of rotatable bonds is 3. The van der Waals surface area contributed by atoms with Gasteiger partial charge in [-0.05, 0) is 25.0 Å². The molecule has 2 rings (SSSR count). The lowest BCUT2D eigenvalue weighted by Crippen LogP contribution is -2.44. The number of hydrogen-bond acceptors (Lipinski definition) is 2. The summed E-state index contributed by atoms with van der Waals surface area (Å²) in [7, 11) is 0. The highest BCUT2D eigenvalue weighted by Crippen LogP contribution is 2.28. The molecular weight excluding hydrogens is 285 g/mol. The molecule has 2 N–H and O–H groups in total. The highest BCUT2D eigenvalue weighted by molar-refractivity contribution is 6.39. The Kier molecular flexibility index (Phi) is 4.71. The van der Waals surface area contributed by atoms with Gasteiger partial charge in [-0.25, -0.2) is 0 Å². The van der Waals surface area contributed by atoms with Crippen LogP contribution in [0.25, 0.3) is 0 Å². The first-order valence-electron chi connectivity index (χ1n) is 6.46. The molecule has 0 radical (unpaired) electrons. The van der Waals surface area contributed by atoms with Crippen LogP contribution < -0.4 is 5.32 Å². The maximum Gasteiger partial charge on any atom is 0.254 e. The molecule has 0 aromatic heterocycles. The Morgan fingerprint density at radius 3 is 2.37 bits per heavy atom. The van der Waals surface area contributed by atoms with Crippen molar-refractivity contribution in [3.63, 3.8) is 0 Å². The number of hydrogen-bond donors (Lipinski definition) is 2. The van der Waals surface area contributed by atoms with Crippen LogP contribution in [0, 0.1) is 0 Å². The third kappa shape index (κ3) is 3.62. The van der Waals surface area contributed by atoms with Crippen molar-refractivity contribution in [3.05, 3.63) is 33.8 Å². The Balaban J connectivity index is 2.01. The summed E-state index contributed by atoms with van der Waals surface area (Å²) >= 11 is 11.9. The Labute approximate surface area is 122 Å². The van der Waals surface area contributed by atoms with Gasteiger partial charge in [0.25, 0.3) is 5.91 Å². The number of amides is 1. The molecular formula is C14H17Cl2NO2. The number of carbonyl (C=O) groups excluding carboxylic acids is 1. The van der Waals surface area contributed by atoms with E-state index in [1.165, 1.54) is 0 Å². The third-order valence-electron chi connectivity index (χ3n) is 3.55. The molecule has 1 aromatic carbocycles. The summed E-state index contributed by atoms with van der Waals surface area (Å²) in [6.45, 7) is 0.243. The van der Waals surface area contributed by atoms with E-state index in [9.17, 15) is 9.90 Å². The molecule has 3 nitrogen and oxygen atoms in total. The van der Waals surface area contributed by atoms with E-state index >= 15 is 0 Å². The van der Waals surface area contributed by atoms with Crippen LogP contribution in [0.3, 0.4) is 0 Å². The maximum atomic E-state index is 12.1. The number of aliphatic hydroxyl groups is 1. The van der Waals surface area contributed by atoms with Crippen molar-refractivity contribution in [2.45, 2.75) is 37.7 Å². The zero-order valence-electron chi connectivity index (χ0n) is 10.6. The second-order valence-corrected chi connectivity index (χ2v) is 5.88. The molecule has 19 heavy (non-hydrogen) atoms. The van der Waals surface area contributed by atoms with Crippen molar-refractivity contribution in [1.29, 1.82) is 0 Å². The minimum Gasteiger partial charge on any atom is -0.388 e. The SMILES string of the molecule is O=C(NCC1(O)CCCCC1)c1c(Cl)cccc1Cl. The lowest BCUT2D eigenvalue weighted by atomic mass is 9.85. The van der Waals surface area contributed by atoms with Gasteiger partial charge in [-0.2, -0.15) is 0 Å². The molecule has 104 valence electrons. The fraction of sp³-hybridized carbons (Fsp3) is 0.500. The minimum absolute atomic E-state index is 0.243. The van der Waals surface area contributed by atoms with Crippen molar-refractivity contribution < 1.29 is 9.90 Å². The molecule has 1 aliphatic carbocycles. The molecule has 0 spiro atoms. The lowest BCUT2D eigenvalue weighted by molar-refractivity contribution is 0.00526. The number of carbonyl (C=O) groups is 1. The predicted octanol–water partition coefficient (Wildman–Crippen LogP) is 3.42. The first-order chi connectivity index (χ1) is 9.02. The Morgan fingerprint density at radius 2 is 1.79 bits per heavy atom. The Morgan fingerprint density at radius 1 is 1.21 bits per heavy atom. The van der Waals surface area contributed by atoms with Crippen LogP contribution in [-0.4, -0.2) is 23.2 Å². The highest BCUT2D eigenvalue weighted by atomic mass is 35.5. The molecule has 0 atom stereocenters. The number of benzene rings is 1. The second-order valence-electron chi connectivity index (χ2n) is 5.06. The summed E-state index contributed by atoms with van der Waals surface area (Å²) in [5, 5.41) is 13.7.